The molecule has 0 aliphatic rings. The van der Waals surface area contributed by atoms with E-state index < -0.39 is 4.92 Å². The monoisotopic (exact) mass is 265 g/mol. The van der Waals surface area contributed by atoms with Crippen molar-refractivity contribution in [2.45, 2.75) is 0 Å². The number of nitro groups is 1. The molecule has 0 fully saturated rings. The van der Waals surface area contributed by atoms with Crippen LogP contribution < -0.4 is 4.74 Å². The highest BCUT2D eigenvalue weighted by Gasteiger charge is 2.10. The molecule has 0 saturated heterocycles. The van der Waals surface area contributed by atoms with Crippen molar-refractivity contribution >= 4 is 11.8 Å². The first-order chi connectivity index (χ1) is 9.19. The minimum Gasteiger partial charge on any atom is -0.497 e. The van der Waals surface area contributed by atoms with Crippen molar-refractivity contribution in [2.24, 2.45) is 0 Å². The molecule has 0 unspecified atom stereocenters. The number of nitrogens with zero attached hydrogens (tertiary/aromatic N) is 1. The standard InChI is InChI=1S/C13H15NO5/c1-3-7-18-8-6-11-9-12(14(15)16)4-5-13(11)19-10-17-2/h3-6,8-9H,1,7,10H2,2H3/b8-6+. The van der Waals surface area contributed by atoms with Crippen LogP contribution in [0.25, 0.3) is 6.08 Å². The third-order valence-corrected chi connectivity index (χ3v) is 2.09. The Bertz CT molecular complexity index is 470. The van der Waals surface area contributed by atoms with Gasteiger partial charge in [-0.2, -0.15) is 0 Å². The quantitative estimate of drug-likeness (QED) is 0.180. The Labute approximate surface area is 111 Å². The van der Waals surface area contributed by atoms with E-state index in [1.54, 1.807) is 12.2 Å². The molecule has 0 amide bonds. The number of benzene rings is 1. The molecular weight excluding hydrogens is 250 g/mol. The van der Waals surface area contributed by atoms with Crippen LogP contribution in [0.1, 0.15) is 5.56 Å². The predicted molar refractivity (Wildman–Crippen MR) is 70.8 cm³/mol. The Morgan fingerprint density at radius 2 is 2.26 bits per heavy atom. The van der Waals surface area contributed by atoms with E-state index in [0.29, 0.717) is 17.9 Å². The lowest BCUT2D eigenvalue weighted by Crippen LogP contribution is -2.01. The summed E-state index contributed by atoms with van der Waals surface area (Å²) in [6.45, 7) is 3.93. The van der Waals surface area contributed by atoms with Gasteiger partial charge >= 0.3 is 0 Å². The molecule has 0 spiro atoms. The molecule has 0 saturated carbocycles. The molecule has 0 radical (unpaired) electrons. The first-order valence-corrected chi connectivity index (χ1v) is 5.48. The molecule has 0 aromatic heterocycles. The highest BCUT2D eigenvalue weighted by Crippen LogP contribution is 2.25. The number of methoxy groups -OCH3 is 1. The summed E-state index contributed by atoms with van der Waals surface area (Å²) >= 11 is 0. The molecule has 19 heavy (non-hydrogen) atoms. The first-order valence-electron chi connectivity index (χ1n) is 5.48. The van der Waals surface area contributed by atoms with Gasteiger partial charge in [-0.3, -0.25) is 10.1 Å². The van der Waals surface area contributed by atoms with Gasteiger partial charge in [-0.15, -0.1) is 0 Å². The SMILES string of the molecule is C=CCO/C=C/c1cc([N+](=O)[O-])ccc1OCOC. The van der Waals surface area contributed by atoms with Crippen molar-refractivity contribution in [2.75, 3.05) is 20.5 Å². The number of hydrogen-bond donors (Lipinski definition) is 0. The molecule has 0 aliphatic carbocycles. The Hall–Kier alpha value is -2.34. The molecule has 0 aliphatic heterocycles. The van der Waals surface area contributed by atoms with Crippen LogP contribution in [-0.2, 0) is 9.47 Å². The molecule has 0 heterocycles. The minimum absolute atomic E-state index is 0.0202. The lowest BCUT2D eigenvalue weighted by atomic mass is 10.2. The van der Waals surface area contributed by atoms with Gasteiger partial charge in [0.1, 0.15) is 12.4 Å². The van der Waals surface area contributed by atoms with E-state index >= 15 is 0 Å². The zero-order valence-corrected chi connectivity index (χ0v) is 10.6. The average molecular weight is 265 g/mol. The Morgan fingerprint density at radius 3 is 2.89 bits per heavy atom. The van der Waals surface area contributed by atoms with Gasteiger partial charge in [-0.05, 0) is 12.1 Å². The average Bonchev–Trinajstić information content (AvgIpc) is 2.41. The maximum atomic E-state index is 10.7. The van der Waals surface area contributed by atoms with Crippen molar-refractivity contribution in [1.29, 1.82) is 0 Å². The van der Waals surface area contributed by atoms with Crippen LogP contribution in [-0.4, -0.2) is 25.4 Å². The summed E-state index contributed by atoms with van der Waals surface area (Å²) in [6, 6.07) is 4.29. The van der Waals surface area contributed by atoms with Gasteiger partial charge in [0, 0.05) is 24.8 Å². The Morgan fingerprint density at radius 1 is 1.47 bits per heavy atom. The molecule has 1 aromatic rings. The molecular formula is C13H15NO5. The molecule has 102 valence electrons. The van der Waals surface area contributed by atoms with E-state index in [-0.39, 0.29) is 12.5 Å². The van der Waals surface area contributed by atoms with Gasteiger partial charge in [0.2, 0.25) is 0 Å². The van der Waals surface area contributed by atoms with Gasteiger partial charge in [0.15, 0.2) is 6.79 Å². The summed E-state index contributed by atoms with van der Waals surface area (Å²) in [5.41, 5.74) is 0.517. The highest BCUT2D eigenvalue weighted by atomic mass is 16.7. The fourth-order valence-corrected chi connectivity index (χ4v) is 1.28. The molecule has 6 nitrogen and oxygen atoms in total. The van der Waals surface area contributed by atoms with Crippen LogP contribution in [0.4, 0.5) is 5.69 Å². The Balaban J connectivity index is 2.92. The number of hydrogen-bond acceptors (Lipinski definition) is 5. The lowest BCUT2D eigenvalue weighted by molar-refractivity contribution is -0.384. The molecule has 0 bridgehead atoms. The summed E-state index contributed by atoms with van der Waals surface area (Å²) in [5, 5.41) is 10.7. The smallest absolute Gasteiger partial charge is 0.270 e. The van der Waals surface area contributed by atoms with Crippen molar-refractivity contribution in [3.63, 3.8) is 0 Å². The second kappa shape index (κ2) is 7.88. The zero-order valence-electron chi connectivity index (χ0n) is 10.6. The highest BCUT2D eigenvalue weighted by molar-refractivity contribution is 5.60. The normalized spacial score (nSPS) is 10.4. The Kier molecular flexibility index (Phi) is 6.11. The largest absolute Gasteiger partial charge is 0.497 e. The maximum Gasteiger partial charge on any atom is 0.270 e. The van der Waals surface area contributed by atoms with E-state index in [9.17, 15) is 10.1 Å². The van der Waals surface area contributed by atoms with Crippen molar-refractivity contribution in [3.8, 4) is 5.75 Å². The molecule has 0 atom stereocenters. The van der Waals surface area contributed by atoms with Gasteiger partial charge in [-0.1, -0.05) is 12.7 Å². The number of non-ortho nitro benzene ring substituents is 1. The zero-order chi connectivity index (χ0) is 14.1. The molecule has 0 N–H and O–H groups in total. The second-order valence-electron chi connectivity index (χ2n) is 3.45. The van der Waals surface area contributed by atoms with E-state index in [0.717, 1.165) is 0 Å². The fourth-order valence-electron chi connectivity index (χ4n) is 1.28. The molecule has 1 rings (SSSR count). The molecule has 6 heteroatoms. The van der Waals surface area contributed by atoms with E-state index in [1.807, 2.05) is 0 Å². The third kappa shape index (κ3) is 4.81. The molecule has 1 aromatic carbocycles. The van der Waals surface area contributed by atoms with Crippen molar-refractivity contribution < 1.29 is 19.1 Å². The third-order valence-electron chi connectivity index (χ3n) is 2.09. The summed E-state index contributed by atoms with van der Waals surface area (Å²) in [5.74, 6) is 0.478. The van der Waals surface area contributed by atoms with Crippen molar-refractivity contribution in [3.05, 3.63) is 52.8 Å². The van der Waals surface area contributed by atoms with Crippen LogP contribution in [0.2, 0.25) is 0 Å². The van der Waals surface area contributed by atoms with Gasteiger partial charge < -0.3 is 14.2 Å². The predicted octanol–water partition coefficient (Wildman–Crippen LogP) is 2.75. The van der Waals surface area contributed by atoms with Gasteiger partial charge in [-0.25, -0.2) is 0 Å². The first kappa shape index (κ1) is 14.7. The van der Waals surface area contributed by atoms with Crippen LogP contribution >= 0.6 is 0 Å². The summed E-state index contributed by atoms with van der Waals surface area (Å²) in [6.07, 6.45) is 4.61. The van der Waals surface area contributed by atoms with E-state index in [1.165, 1.54) is 31.6 Å². The van der Waals surface area contributed by atoms with E-state index in [4.69, 9.17) is 14.2 Å². The lowest BCUT2D eigenvalue weighted by Gasteiger charge is -2.07. The summed E-state index contributed by atoms with van der Waals surface area (Å²) in [4.78, 5) is 10.3. The maximum absolute atomic E-state index is 10.7. The number of ether oxygens (including phenoxy) is 3. The number of rotatable bonds is 8. The van der Waals surface area contributed by atoms with Crippen LogP contribution in [0, 0.1) is 10.1 Å². The van der Waals surface area contributed by atoms with Crippen LogP contribution in [0.5, 0.6) is 5.75 Å². The summed E-state index contributed by atoms with van der Waals surface area (Å²) < 4.78 is 15.2. The number of nitro benzene ring substituents is 1. The van der Waals surface area contributed by atoms with Crippen LogP contribution in [0.3, 0.4) is 0 Å². The minimum atomic E-state index is -0.470. The van der Waals surface area contributed by atoms with Crippen LogP contribution in [0.15, 0.2) is 37.1 Å². The van der Waals surface area contributed by atoms with E-state index in [2.05, 4.69) is 6.58 Å². The van der Waals surface area contributed by atoms with Crippen molar-refractivity contribution in [1.82, 2.24) is 0 Å². The van der Waals surface area contributed by atoms with Gasteiger partial charge in [0.25, 0.3) is 5.69 Å². The topological polar surface area (TPSA) is 70.8 Å². The van der Waals surface area contributed by atoms with Gasteiger partial charge in [0.05, 0.1) is 11.2 Å². The second-order valence-corrected chi connectivity index (χ2v) is 3.45. The summed E-state index contributed by atoms with van der Waals surface area (Å²) in [7, 11) is 1.49. The fraction of sp³-hybridized carbons (Fsp3) is 0.231.